The highest BCUT2D eigenvalue weighted by molar-refractivity contribution is 5.94. The minimum Gasteiger partial charge on any atom is -0.481 e. The van der Waals surface area contributed by atoms with Gasteiger partial charge in [-0.05, 0) is 20.3 Å². The maximum Gasteiger partial charge on any atom is 0.325 e. The summed E-state index contributed by atoms with van der Waals surface area (Å²) in [5.41, 5.74) is 6.04. The third-order valence-electron chi connectivity index (χ3n) is 4.03. The Bertz CT molecular complexity index is 765. The molecule has 0 saturated heterocycles. The number of aliphatic carboxylic acids is 2. The molecule has 166 valence electrons. The molecule has 0 saturated carbocycles. The maximum absolute atomic E-state index is 12.8. The molecule has 13 nitrogen and oxygen atoms in total. The molecule has 0 bridgehead atoms. The number of amides is 3. The minimum absolute atomic E-state index is 0.00307. The van der Waals surface area contributed by atoms with Gasteiger partial charge in [-0.2, -0.15) is 0 Å². The summed E-state index contributed by atoms with van der Waals surface area (Å²) in [4.78, 5) is 65.6. The Morgan fingerprint density at radius 1 is 1.03 bits per heavy atom. The Kier molecular flexibility index (Phi) is 9.42. The van der Waals surface area contributed by atoms with Crippen LogP contribution in [0.1, 0.15) is 32.4 Å². The van der Waals surface area contributed by atoms with Gasteiger partial charge in [0.05, 0.1) is 12.4 Å². The van der Waals surface area contributed by atoms with Crippen LogP contribution in [-0.2, 0) is 30.4 Å². The van der Waals surface area contributed by atoms with Gasteiger partial charge in [-0.1, -0.05) is 0 Å². The third kappa shape index (κ3) is 8.26. The zero-order valence-electron chi connectivity index (χ0n) is 16.5. The van der Waals surface area contributed by atoms with Crippen LogP contribution >= 0.6 is 0 Å². The second kappa shape index (κ2) is 11.5. The number of carboxylic acid groups (broad SMARTS) is 2. The average molecular weight is 426 g/mol. The molecule has 1 heterocycles. The molecule has 0 fully saturated rings. The largest absolute Gasteiger partial charge is 0.481 e. The first-order valence-corrected chi connectivity index (χ1v) is 9.09. The number of carbonyl (C=O) groups is 5. The fraction of sp³-hybridized carbons (Fsp3) is 0.529. The first-order valence-electron chi connectivity index (χ1n) is 9.09. The highest BCUT2D eigenvalue weighted by Crippen LogP contribution is 2.04. The highest BCUT2D eigenvalue weighted by Gasteiger charge is 2.29. The second-order valence-electron chi connectivity index (χ2n) is 6.69. The normalized spacial score (nSPS) is 14.6. The molecule has 13 heteroatoms. The van der Waals surface area contributed by atoms with Crippen LogP contribution in [0, 0.1) is 0 Å². The fourth-order valence-electron chi connectivity index (χ4n) is 2.31. The first-order chi connectivity index (χ1) is 14.0. The quantitative estimate of drug-likeness (QED) is 0.191. The molecule has 0 aliphatic heterocycles. The Morgan fingerprint density at radius 3 is 2.13 bits per heavy atom. The predicted octanol–water partition coefficient (Wildman–Crippen LogP) is -2.28. The van der Waals surface area contributed by atoms with Crippen molar-refractivity contribution >= 4 is 29.7 Å². The van der Waals surface area contributed by atoms with Gasteiger partial charge in [0, 0.05) is 24.7 Å². The Hall–Kier alpha value is -3.48. The zero-order chi connectivity index (χ0) is 22.8. The number of carbonyl (C=O) groups excluding carboxylic acids is 3. The Labute approximate surface area is 171 Å². The predicted molar refractivity (Wildman–Crippen MR) is 102 cm³/mol. The van der Waals surface area contributed by atoms with Crippen molar-refractivity contribution in [3.8, 4) is 0 Å². The topological polar surface area (TPSA) is 217 Å². The minimum atomic E-state index is -1.33. The van der Waals surface area contributed by atoms with Gasteiger partial charge in [-0.3, -0.25) is 24.0 Å². The molecule has 1 aromatic rings. The summed E-state index contributed by atoms with van der Waals surface area (Å²) in [6, 6.07) is -4.61. The average Bonchev–Trinajstić information content (AvgIpc) is 3.16. The van der Waals surface area contributed by atoms with Crippen molar-refractivity contribution in [3.05, 3.63) is 18.2 Å². The molecular formula is C17H26N6O7. The standard InChI is InChI=1S/C17H26N6O7/c1-8(18)14(26)23-12(5-10-6-19-7-20-10)16(28)22-11(3-4-13(24)25)15(27)21-9(2)17(29)30/h6-9,11-12H,3-5,18H2,1-2H3,(H,19,20)(H,21,27)(H,22,28)(H,23,26)(H,24,25)(H,29,30). The molecular weight excluding hydrogens is 400 g/mol. The summed E-state index contributed by atoms with van der Waals surface area (Å²) in [6.45, 7) is 2.65. The third-order valence-corrected chi connectivity index (χ3v) is 4.03. The zero-order valence-corrected chi connectivity index (χ0v) is 16.5. The van der Waals surface area contributed by atoms with E-state index in [9.17, 15) is 24.0 Å². The molecule has 1 aromatic heterocycles. The molecule has 0 aromatic carbocycles. The van der Waals surface area contributed by atoms with Crippen LogP contribution in [0.2, 0.25) is 0 Å². The molecule has 0 aliphatic rings. The molecule has 0 spiro atoms. The smallest absolute Gasteiger partial charge is 0.325 e. The number of nitrogens with one attached hydrogen (secondary N) is 4. The number of nitrogens with two attached hydrogens (primary N) is 1. The second-order valence-corrected chi connectivity index (χ2v) is 6.69. The van der Waals surface area contributed by atoms with Crippen molar-refractivity contribution in [3.63, 3.8) is 0 Å². The van der Waals surface area contributed by atoms with Crippen molar-refractivity contribution in [2.75, 3.05) is 0 Å². The van der Waals surface area contributed by atoms with Crippen LogP contribution < -0.4 is 21.7 Å². The fourth-order valence-corrected chi connectivity index (χ4v) is 2.31. The molecule has 8 N–H and O–H groups in total. The van der Waals surface area contributed by atoms with Crippen LogP contribution in [0.25, 0.3) is 0 Å². The molecule has 30 heavy (non-hydrogen) atoms. The van der Waals surface area contributed by atoms with Gasteiger partial charge in [-0.25, -0.2) is 4.98 Å². The van der Waals surface area contributed by atoms with Crippen molar-refractivity contribution in [2.24, 2.45) is 5.73 Å². The number of imidazole rings is 1. The number of hydrogen-bond acceptors (Lipinski definition) is 7. The lowest BCUT2D eigenvalue weighted by molar-refractivity contribution is -0.142. The molecule has 0 aliphatic carbocycles. The van der Waals surface area contributed by atoms with E-state index in [1.54, 1.807) is 0 Å². The number of nitrogens with zero attached hydrogens (tertiary/aromatic N) is 1. The van der Waals surface area contributed by atoms with Crippen LogP contribution in [0.3, 0.4) is 0 Å². The number of H-pyrrole nitrogens is 1. The molecule has 4 atom stereocenters. The van der Waals surface area contributed by atoms with E-state index >= 15 is 0 Å². The lowest BCUT2D eigenvalue weighted by Crippen LogP contribution is -2.57. The van der Waals surface area contributed by atoms with E-state index in [1.807, 2.05) is 0 Å². The van der Waals surface area contributed by atoms with Gasteiger partial charge in [0.15, 0.2) is 0 Å². The van der Waals surface area contributed by atoms with Crippen LogP contribution in [0.5, 0.6) is 0 Å². The summed E-state index contributed by atoms with van der Waals surface area (Å²) < 4.78 is 0. The number of aromatic nitrogens is 2. The van der Waals surface area contributed by atoms with Gasteiger partial charge >= 0.3 is 11.9 Å². The Morgan fingerprint density at radius 2 is 1.63 bits per heavy atom. The number of aromatic amines is 1. The lowest BCUT2D eigenvalue weighted by Gasteiger charge is -2.24. The van der Waals surface area contributed by atoms with Crippen molar-refractivity contribution in [2.45, 2.75) is 57.3 Å². The SMILES string of the molecule is CC(N)C(=O)NC(Cc1cnc[nH]1)C(=O)NC(CCC(=O)O)C(=O)NC(C)C(=O)O. The number of rotatable bonds is 12. The van der Waals surface area contributed by atoms with Gasteiger partial charge < -0.3 is 36.9 Å². The maximum atomic E-state index is 12.8. The van der Waals surface area contributed by atoms with E-state index < -0.39 is 60.2 Å². The van der Waals surface area contributed by atoms with Crippen molar-refractivity contribution in [1.82, 2.24) is 25.9 Å². The van der Waals surface area contributed by atoms with E-state index in [-0.39, 0.29) is 12.8 Å². The number of hydrogen-bond donors (Lipinski definition) is 7. The molecule has 1 rings (SSSR count). The summed E-state index contributed by atoms with van der Waals surface area (Å²) in [7, 11) is 0. The van der Waals surface area contributed by atoms with E-state index in [4.69, 9.17) is 15.9 Å². The van der Waals surface area contributed by atoms with E-state index in [2.05, 4.69) is 25.9 Å². The Balaban J connectivity index is 2.97. The van der Waals surface area contributed by atoms with Crippen LogP contribution in [0.15, 0.2) is 12.5 Å². The van der Waals surface area contributed by atoms with Gasteiger partial charge in [0.1, 0.15) is 18.1 Å². The van der Waals surface area contributed by atoms with Crippen molar-refractivity contribution in [1.29, 1.82) is 0 Å². The van der Waals surface area contributed by atoms with Crippen molar-refractivity contribution < 1.29 is 34.2 Å². The van der Waals surface area contributed by atoms with Crippen LogP contribution in [-0.4, -0.2) is 74.0 Å². The van der Waals surface area contributed by atoms with E-state index in [0.29, 0.717) is 5.69 Å². The van der Waals surface area contributed by atoms with Gasteiger partial charge in [0.2, 0.25) is 17.7 Å². The van der Waals surface area contributed by atoms with Crippen LogP contribution in [0.4, 0.5) is 0 Å². The molecule has 3 amide bonds. The summed E-state index contributed by atoms with van der Waals surface area (Å²) in [5.74, 6) is -4.74. The van der Waals surface area contributed by atoms with E-state index in [0.717, 1.165) is 0 Å². The van der Waals surface area contributed by atoms with Gasteiger partial charge in [-0.15, -0.1) is 0 Å². The summed E-state index contributed by atoms with van der Waals surface area (Å²) in [6.07, 6.45) is 2.10. The van der Waals surface area contributed by atoms with Gasteiger partial charge in [0.25, 0.3) is 0 Å². The summed E-state index contributed by atoms with van der Waals surface area (Å²) >= 11 is 0. The number of carboxylic acids is 2. The first kappa shape index (κ1) is 24.6. The monoisotopic (exact) mass is 426 g/mol. The molecule has 4 unspecified atom stereocenters. The highest BCUT2D eigenvalue weighted by atomic mass is 16.4. The lowest BCUT2D eigenvalue weighted by atomic mass is 10.1. The summed E-state index contributed by atoms with van der Waals surface area (Å²) in [5, 5.41) is 24.8. The molecule has 0 radical (unpaired) electrons. The van der Waals surface area contributed by atoms with E-state index in [1.165, 1.54) is 26.4 Å².